The van der Waals surface area contributed by atoms with E-state index in [1.54, 1.807) is 11.3 Å². The first-order valence-electron chi connectivity index (χ1n) is 8.83. The zero-order valence-corrected chi connectivity index (χ0v) is 15.8. The molecule has 0 spiro atoms. The lowest BCUT2D eigenvalue weighted by Crippen LogP contribution is -2.46. The Bertz CT molecular complexity index is 505. The Kier molecular flexibility index (Phi) is 7.30. The summed E-state index contributed by atoms with van der Waals surface area (Å²) >= 11 is 1.74. The molecule has 1 aromatic rings. The molecule has 2 N–H and O–H groups in total. The van der Waals surface area contributed by atoms with Crippen molar-refractivity contribution in [2.24, 2.45) is 4.99 Å². The van der Waals surface area contributed by atoms with Gasteiger partial charge in [-0.05, 0) is 53.1 Å². The van der Waals surface area contributed by atoms with E-state index in [2.05, 4.69) is 48.2 Å². The lowest BCUT2D eigenvalue weighted by Gasteiger charge is -2.27. The molecule has 0 amide bonds. The van der Waals surface area contributed by atoms with Crippen LogP contribution in [0.15, 0.2) is 4.99 Å². The summed E-state index contributed by atoms with van der Waals surface area (Å²) in [5.74, 6) is 0.913. The second kappa shape index (κ2) is 9.23. The molecular weight excluding hydrogens is 306 g/mol. The van der Waals surface area contributed by atoms with Crippen LogP contribution in [0.1, 0.15) is 48.7 Å². The van der Waals surface area contributed by atoms with Crippen LogP contribution in [0, 0.1) is 13.8 Å². The minimum absolute atomic E-state index is 0.605. The molecule has 130 valence electrons. The zero-order chi connectivity index (χ0) is 16.7. The first-order valence-corrected chi connectivity index (χ1v) is 9.64. The number of thiazole rings is 1. The third-order valence-corrected chi connectivity index (χ3v) is 5.42. The Labute approximate surface area is 144 Å². The summed E-state index contributed by atoms with van der Waals surface area (Å²) in [6, 6.07) is 0.605. The van der Waals surface area contributed by atoms with Crippen molar-refractivity contribution < 1.29 is 0 Å². The van der Waals surface area contributed by atoms with E-state index in [4.69, 9.17) is 4.99 Å². The van der Waals surface area contributed by atoms with Gasteiger partial charge in [-0.15, -0.1) is 11.3 Å². The van der Waals surface area contributed by atoms with Gasteiger partial charge in [0.2, 0.25) is 0 Å². The fourth-order valence-electron chi connectivity index (χ4n) is 3.07. The number of hydrogen-bond acceptors (Lipinski definition) is 4. The number of aryl methyl sites for hydroxylation is 2. The predicted molar refractivity (Wildman–Crippen MR) is 99.3 cm³/mol. The molecule has 1 atom stereocenters. The molecule has 0 radical (unpaired) electrons. The van der Waals surface area contributed by atoms with Gasteiger partial charge in [0.05, 0.1) is 17.2 Å². The SMILES string of the molecule is CCNC(=NCc1sc(C)nc1C)NCC(CC)N1CCCC1. The molecule has 1 aliphatic heterocycles. The van der Waals surface area contributed by atoms with Gasteiger partial charge in [-0.1, -0.05) is 6.92 Å². The van der Waals surface area contributed by atoms with Gasteiger partial charge in [-0.25, -0.2) is 9.98 Å². The maximum absolute atomic E-state index is 4.74. The standard InChI is InChI=1S/C17H31N5S/c1-5-15(22-9-7-8-10-22)11-19-17(18-6-2)20-12-16-13(3)21-14(4)23-16/h15H,5-12H2,1-4H3,(H2,18,19,20). The number of aromatic nitrogens is 1. The van der Waals surface area contributed by atoms with Gasteiger partial charge in [-0.3, -0.25) is 4.90 Å². The van der Waals surface area contributed by atoms with Gasteiger partial charge < -0.3 is 10.6 Å². The van der Waals surface area contributed by atoms with Crippen LogP contribution in [0.25, 0.3) is 0 Å². The molecule has 0 saturated carbocycles. The van der Waals surface area contributed by atoms with Crippen LogP contribution in [0.5, 0.6) is 0 Å². The van der Waals surface area contributed by atoms with Crippen molar-refractivity contribution in [2.75, 3.05) is 26.2 Å². The predicted octanol–water partition coefficient (Wildman–Crippen LogP) is 2.69. The Hall–Kier alpha value is -1.14. The Morgan fingerprint density at radius 2 is 2.00 bits per heavy atom. The number of rotatable bonds is 7. The average molecular weight is 338 g/mol. The highest BCUT2D eigenvalue weighted by Crippen LogP contribution is 2.18. The number of nitrogens with one attached hydrogen (secondary N) is 2. The molecule has 1 aliphatic rings. The molecule has 2 rings (SSSR count). The number of aliphatic imine (C=N–C) groups is 1. The fraction of sp³-hybridized carbons (Fsp3) is 0.765. The molecule has 0 bridgehead atoms. The second-order valence-corrected chi connectivity index (χ2v) is 7.41. The molecule has 5 nitrogen and oxygen atoms in total. The highest BCUT2D eigenvalue weighted by molar-refractivity contribution is 7.11. The molecule has 1 saturated heterocycles. The number of hydrogen-bond donors (Lipinski definition) is 2. The van der Waals surface area contributed by atoms with Gasteiger partial charge in [-0.2, -0.15) is 0 Å². The van der Waals surface area contributed by atoms with Gasteiger partial charge >= 0.3 is 0 Å². The van der Waals surface area contributed by atoms with Crippen molar-refractivity contribution in [1.29, 1.82) is 0 Å². The molecule has 1 unspecified atom stereocenters. The van der Waals surface area contributed by atoms with Gasteiger partial charge in [0.15, 0.2) is 5.96 Å². The lowest BCUT2D eigenvalue weighted by molar-refractivity contribution is 0.236. The minimum atomic E-state index is 0.605. The highest BCUT2D eigenvalue weighted by Gasteiger charge is 2.20. The summed E-state index contributed by atoms with van der Waals surface area (Å²) in [5.41, 5.74) is 1.11. The summed E-state index contributed by atoms with van der Waals surface area (Å²) in [5, 5.41) is 8.00. The van der Waals surface area contributed by atoms with Crippen molar-refractivity contribution in [2.45, 2.75) is 59.5 Å². The average Bonchev–Trinajstić information content (AvgIpc) is 3.15. The second-order valence-electron chi connectivity index (χ2n) is 6.12. The van der Waals surface area contributed by atoms with Crippen LogP contribution in [0.3, 0.4) is 0 Å². The highest BCUT2D eigenvalue weighted by atomic mass is 32.1. The van der Waals surface area contributed by atoms with E-state index in [9.17, 15) is 0 Å². The molecular formula is C17H31N5S. The summed E-state index contributed by atoms with van der Waals surface area (Å²) in [6.45, 7) is 13.5. The third-order valence-electron chi connectivity index (χ3n) is 4.36. The fourth-order valence-corrected chi connectivity index (χ4v) is 3.93. The van der Waals surface area contributed by atoms with Gasteiger partial charge in [0, 0.05) is 24.0 Å². The maximum Gasteiger partial charge on any atom is 0.191 e. The zero-order valence-electron chi connectivity index (χ0n) is 15.0. The van der Waals surface area contributed by atoms with E-state index in [1.807, 2.05) is 0 Å². The molecule has 0 aliphatic carbocycles. The largest absolute Gasteiger partial charge is 0.357 e. The van der Waals surface area contributed by atoms with Crippen molar-refractivity contribution in [3.63, 3.8) is 0 Å². The summed E-state index contributed by atoms with van der Waals surface area (Å²) in [4.78, 5) is 13.1. The van der Waals surface area contributed by atoms with Crippen LogP contribution in [0.4, 0.5) is 0 Å². The molecule has 1 fully saturated rings. The van der Waals surface area contributed by atoms with Crippen molar-refractivity contribution in [3.05, 3.63) is 15.6 Å². The van der Waals surface area contributed by atoms with E-state index in [1.165, 1.54) is 37.2 Å². The topological polar surface area (TPSA) is 52.6 Å². The van der Waals surface area contributed by atoms with Crippen LogP contribution in [-0.4, -0.2) is 48.1 Å². The van der Waals surface area contributed by atoms with Crippen molar-refractivity contribution >= 4 is 17.3 Å². The minimum Gasteiger partial charge on any atom is -0.357 e. The summed E-state index contributed by atoms with van der Waals surface area (Å²) < 4.78 is 0. The summed E-state index contributed by atoms with van der Waals surface area (Å²) in [7, 11) is 0. The van der Waals surface area contributed by atoms with E-state index in [0.717, 1.165) is 29.8 Å². The molecule has 1 aromatic heterocycles. The number of nitrogens with zero attached hydrogens (tertiary/aromatic N) is 3. The van der Waals surface area contributed by atoms with E-state index >= 15 is 0 Å². The Balaban J connectivity index is 1.91. The van der Waals surface area contributed by atoms with Gasteiger partial charge in [0.1, 0.15) is 0 Å². The molecule has 0 aromatic carbocycles. The molecule has 2 heterocycles. The number of guanidine groups is 1. The molecule has 6 heteroatoms. The summed E-state index contributed by atoms with van der Waals surface area (Å²) in [6.07, 6.45) is 3.86. The Morgan fingerprint density at radius 3 is 2.57 bits per heavy atom. The molecule has 23 heavy (non-hydrogen) atoms. The van der Waals surface area contributed by atoms with Crippen molar-refractivity contribution in [1.82, 2.24) is 20.5 Å². The quantitative estimate of drug-likeness (QED) is 0.593. The first-order chi connectivity index (χ1) is 11.1. The van der Waals surface area contributed by atoms with E-state index in [0.29, 0.717) is 12.6 Å². The normalized spacial score (nSPS) is 17.5. The van der Waals surface area contributed by atoms with E-state index in [-0.39, 0.29) is 0 Å². The van der Waals surface area contributed by atoms with Crippen LogP contribution in [-0.2, 0) is 6.54 Å². The van der Waals surface area contributed by atoms with Crippen LogP contribution in [0.2, 0.25) is 0 Å². The van der Waals surface area contributed by atoms with Gasteiger partial charge in [0.25, 0.3) is 0 Å². The monoisotopic (exact) mass is 337 g/mol. The maximum atomic E-state index is 4.74. The van der Waals surface area contributed by atoms with Crippen LogP contribution >= 0.6 is 11.3 Å². The van der Waals surface area contributed by atoms with Crippen LogP contribution < -0.4 is 10.6 Å². The van der Waals surface area contributed by atoms with Crippen molar-refractivity contribution in [3.8, 4) is 0 Å². The third kappa shape index (κ3) is 5.46. The first kappa shape index (κ1) is 18.2. The Morgan fingerprint density at radius 1 is 1.26 bits per heavy atom. The smallest absolute Gasteiger partial charge is 0.191 e. The lowest BCUT2D eigenvalue weighted by atomic mass is 10.2. The van der Waals surface area contributed by atoms with E-state index < -0.39 is 0 Å². The number of likely N-dealkylation sites (tertiary alicyclic amines) is 1.